The molecule has 0 atom stereocenters. The van der Waals surface area contributed by atoms with Crippen molar-refractivity contribution in [3.8, 4) is 0 Å². The van der Waals surface area contributed by atoms with Crippen molar-refractivity contribution in [1.29, 1.82) is 0 Å². The molecule has 1 aromatic heterocycles. The predicted molar refractivity (Wildman–Crippen MR) is 81.7 cm³/mol. The van der Waals surface area contributed by atoms with E-state index in [4.69, 9.17) is 4.74 Å². The summed E-state index contributed by atoms with van der Waals surface area (Å²) < 4.78 is 42.9. The van der Waals surface area contributed by atoms with Crippen LogP contribution in [0.25, 0.3) is 0 Å². The maximum Gasteiger partial charge on any atom is 0.417 e. The number of amides is 1. The number of anilines is 1. The van der Waals surface area contributed by atoms with Crippen LogP contribution in [0.5, 0.6) is 0 Å². The Morgan fingerprint density at radius 2 is 1.79 bits per heavy atom. The van der Waals surface area contributed by atoms with Gasteiger partial charge in [0, 0.05) is 37.8 Å². The van der Waals surface area contributed by atoms with Crippen LogP contribution >= 0.6 is 0 Å². The fourth-order valence-electron chi connectivity index (χ4n) is 3.09. The number of hydrogen-bond donors (Lipinski definition) is 0. The Hall–Kier alpha value is -1.99. The molecular formula is C16H20F3N3O2. The number of rotatable bonds is 1. The quantitative estimate of drug-likeness (QED) is 0.786. The molecule has 3 rings (SSSR count). The van der Waals surface area contributed by atoms with Crippen LogP contribution in [0.1, 0.15) is 26.3 Å². The molecule has 1 spiro atoms. The van der Waals surface area contributed by atoms with Crippen LogP contribution in [0.4, 0.5) is 23.8 Å². The lowest BCUT2D eigenvalue weighted by molar-refractivity contribution is -0.137. The molecule has 2 saturated heterocycles. The Bertz CT molecular complexity index is 623. The summed E-state index contributed by atoms with van der Waals surface area (Å²) in [6, 6.07) is 2.43. The van der Waals surface area contributed by atoms with E-state index in [2.05, 4.69) is 4.98 Å². The number of pyridine rings is 1. The van der Waals surface area contributed by atoms with E-state index in [0.29, 0.717) is 32.0 Å². The molecule has 132 valence electrons. The van der Waals surface area contributed by atoms with Crippen molar-refractivity contribution in [2.45, 2.75) is 32.5 Å². The Labute approximate surface area is 138 Å². The zero-order valence-electron chi connectivity index (χ0n) is 13.9. The van der Waals surface area contributed by atoms with E-state index in [9.17, 15) is 18.0 Å². The lowest BCUT2D eigenvalue weighted by Gasteiger charge is -2.60. The molecule has 24 heavy (non-hydrogen) atoms. The fourth-order valence-corrected chi connectivity index (χ4v) is 3.09. The summed E-state index contributed by atoms with van der Waals surface area (Å²) in [6.45, 7) is 8.05. The van der Waals surface area contributed by atoms with E-state index in [1.807, 2.05) is 25.7 Å². The van der Waals surface area contributed by atoms with Crippen molar-refractivity contribution in [1.82, 2.24) is 9.88 Å². The number of aromatic nitrogens is 1. The van der Waals surface area contributed by atoms with Gasteiger partial charge in [0.1, 0.15) is 11.4 Å². The third-order valence-electron chi connectivity index (χ3n) is 4.16. The van der Waals surface area contributed by atoms with Gasteiger partial charge < -0.3 is 14.5 Å². The van der Waals surface area contributed by atoms with Gasteiger partial charge >= 0.3 is 12.3 Å². The van der Waals surface area contributed by atoms with Crippen LogP contribution in [0.15, 0.2) is 18.3 Å². The van der Waals surface area contributed by atoms with Gasteiger partial charge in [0.15, 0.2) is 0 Å². The number of hydrogen-bond acceptors (Lipinski definition) is 4. The van der Waals surface area contributed by atoms with E-state index in [1.165, 1.54) is 6.07 Å². The second-order valence-electron chi connectivity index (χ2n) is 7.60. The maximum absolute atomic E-state index is 12.5. The highest BCUT2D eigenvalue weighted by Crippen LogP contribution is 2.42. The SMILES string of the molecule is CC(C)(C)OC(=O)N1CC2(C1)CN(c1ccc(C(F)(F)F)cn1)C2. The molecule has 2 aliphatic heterocycles. The van der Waals surface area contributed by atoms with E-state index in [0.717, 1.165) is 12.3 Å². The van der Waals surface area contributed by atoms with Gasteiger partial charge in [-0.3, -0.25) is 0 Å². The molecule has 0 saturated carbocycles. The number of carbonyl (C=O) groups is 1. The van der Waals surface area contributed by atoms with Crippen LogP contribution in [-0.4, -0.2) is 47.8 Å². The number of likely N-dealkylation sites (tertiary alicyclic amines) is 1. The molecule has 8 heteroatoms. The van der Waals surface area contributed by atoms with Crippen LogP contribution in [0.3, 0.4) is 0 Å². The molecule has 3 heterocycles. The fraction of sp³-hybridized carbons (Fsp3) is 0.625. The molecule has 1 amide bonds. The Morgan fingerprint density at radius 3 is 2.25 bits per heavy atom. The predicted octanol–water partition coefficient (Wildman–Crippen LogP) is 3.16. The first-order chi connectivity index (χ1) is 11.0. The summed E-state index contributed by atoms with van der Waals surface area (Å²) in [7, 11) is 0. The first-order valence-corrected chi connectivity index (χ1v) is 7.74. The minimum Gasteiger partial charge on any atom is -0.444 e. The zero-order chi connectivity index (χ0) is 17.8. The summed E-state index contributed by atoms with van der Waals surface area (Å²) in [4.78, 5) is 19.4. The number of ether oxygens (including phenoxy) is 1. The molecule has 0 aliphatic carbocycles. The number of nitrogens with zero attached hydrogens (tertiary/aromatic N) is 3. The van der Waals surface area contributed by atoms with Gasteiger partial charge in [-0.1, -0.05) is 0 Å². The summed E-state index contributed by atoms with van der Waals surface area (Å²) in [5.41, 5.74) is -1.25. The highest BCUT2D eigenvalue weighted by Gasteiger charge is 2.54. The van der Waals surface area contributed by atoms with Crippen LogP contribution in [0, 0.1) is 5.41 Å². The van der Waals surface area contributed by atoms with Gasteiger partial charge in [0.05, 0.1) is 5.56 Å². The second kappa shape index (κ2) is 5.26. The van der Waals surface area contributed by atoms with Crippen molar-refractivity contribution in [3.05, 3.63) is 23.9 Å². The highest BCUT2D eigenvalue weighted by molar-refractivity contribution is 5.70. The summed E-state index contributed by atoms with van der Waals surface area (Å²) in [5, 5.41) is 0. The molecule has 5 nitrogen and oxygen atoms in total. The summed E-state index contributed by atoms with van der Waals surface area (Å²) >= 11 is 0. The Morgan fingerprint density at radius 1 is 1.17 bits per heavy atom. The monoisotopic (exact) mass is 343 g/mol. The van der Waals surface area contributed by atoms with Gasteiger partial charge in [-0.05, 0) is 32.9 Å². The minimum absolute atomic E-state index is 0.0152. The molecule has 0 radical (unpaired) electrons. The smallest absolute Gasteiger partial charge is 0.417 e. The van der Waals surface area contributed by atoms with Crippen molar-refractivity contribution in [3.63, 3.8) is 0 Å². The Balaban J connectivity index is 1.51. The van der Waals surface area contributed by atoms with E-state index in [1.54, 1.807) is 4.90 Å². The largest absolute Gasteiger partial charge is 0.444 e. The van der Waals surface area contributed by atoms with Crippen LogP contribution < -0.4 is 4.90 Å². The zero-order valence-corrected chi connectivity index (χ0v) is 13.9. The van der Waals surface area contributed by atoms with Crippen molar-refractivity contribution >= 4 is 11.9 Å². The van der Waals surface area contributed by atoms with Crippen molar-refractivity contribution < 1.29 is 22.7 Å². The van der Waals surface area contributed by atoms with Gasteiger partial charge in [0.25, 0.3) is 0 Å². The molecule has 0 N–H and O–H groups in total. The standard InChI is InChI=1S/C16H20F3N3O2/c1-14(2,3)24-13(23)22-9-15(10-22)7-21(8-15)12-5-4-11(6-20-12)16(17,18)19/h4-6H,7-10H2,1-3H3. The van der Waals surface area contributed by atoms with Gasteiger partial charge in [-0.15, -0.1) is 0 Å². The number of halogens is 3. The van der Waals surface area contributed by atoms with E-state index in [-0.39, 0.29) is 11.5 Å². The topological polar surface area (TPSA) is 45.7 Å². The van der Waals surface area contributed by atoms with E-state index < -0.39 is 17.3 Å². The summed E-state index contributed by atoms with van der Waals surface area (Å²) in [6.07, 6.45) is -3.84. The Kier molecular flexibility index (Phi) is 3.69. The molecular weight excluding hydrogens is 323 g/mol. The molecule has 1 aromatic rings. The van der Waals surface area contributed by atoms with E-state index >= 15 is 0 Å². The second-order valence-corrected chi connectivity index (χ2v) is 7.60. The average Bonchev–Trinajstić information content (AvgIpc) is 2.32. The van der Waals surface area contributed by atoms with Crippen LogP contribution in [-0.2, 0) is 10.9 Å². The molecule has 0 bridgehead atoms. The van der Waals surface area contributed by atoms with Gasteiger partial charge in [-0.25, -0.2) is 9.78 Å². The molecule has 0 aromatic carbocycles. The molecule has 2 aliphatic rings. The summed E-state index contributed by atoms with van der Waals surface area (Å²) in [5.74, 6) is 0.532. The van der Waals surface area contributed by atoms with Gasteiger partial charge in [0.2, 0.25) is 0 Å². The molecule has 2 fully saturated rings. The van der Waals surface area contributed by atoms with Crippen LogP contribution in [0.2, 0.25) is 0 Å². The third-order valence-corrected chi connectivity index (χ3v) is 4.16. The average molecular weight is 343 g/mol. The first kappa shape index (κ1) is 16.9. The minimum atomic E-state index is -4.37. The lowest BCUT2D eigenvalue weighted by atomic mass is 9.73. The van der Waals surface area contributed by atoms with Crippen molar-refractivity contribution in [2.75, 3.05) is 31.1 Å². The highest BCUT2D eigenvalue weighted by atomic mass is 19.4. The molecule has 0 unspecified atom stereocenters. The lowest BCUT2D eigenvalue weighted by Crippen LogP contribution is -2.73. The normalized spacial score (nSPS) is 19.8. The number of alkyl halides is 3. The first-order valence-electron chi connectivity index (χ1n) is 7.74. The van der Waals surface area contributed by atoms with Gasteiger partial charge in [-0.2, -0.15) is 13.2 Å². The van der Waals surface area contributed by atoms with Crippen molar-refractivity contribution in [2.24, 2.45) is 5.41 Å². The number of carbonyl (C=O) groups excluding carboxylic acids is 1. The maximum atomic E-state index is 12.5. The third kappa shape index (κ3) is 3.27.